The molecule has 2 unspecified atom stereocenters. The molecule has 4 nitrogen and oxygen atoms in total. The van der Waals surface area contributed by atoms with Crippen LogP contribution in [0, 0.1) is 0 Å². The molecule has 1 rings (SSSR count). The van der Waals surface area contributed by atoms with Gasteiger partial charge in [0.25, 0.3) is 0 Å². The smallest absolute Gasteiger partial charge is 0.314 e. The lowest BCUT2D eigenvalue weighted by atomic mass is 10.3. The lowest BCUT2D eigenvalue weighted by Gasteiger charge is -2.09. The first-order valence-corrected chi connectivity index (χ1v) is 2.98. The predicted molar refractivity (Wildman–Crippen MR) is 32.1 cm³/mol. The third-order valence-corrected chi connectivity index (χ3v) is 1.53. The highest BCUT2D eigenvalue weighted by Gasteiger charge is 2.32. The minimum atomic E-state index is -1.34. The van der Waals surface area contributed by atoms with Crippen molar-refractivity contribution in [2.45, 2.75) is 12.3 Å². The number of aliphatic hydroxyl groups excluding tert-OH is 1. The first-order chi connectivity index (χ1) is 4.61. The molecule has 3 N–H and O–H groups in total. The fourth-order valence-electron chi connectivity index (χ4n) is 0.927. The van der Waals surface area contributed by atoms with Crippen molar-refractivity contribution in [1.82, 2.24) is 4.90 Å². The molecule has 0 spiro atoms. The number of hydrogen-bond donors (Lipinski definition) is 2. The number of nitrogens with two attached hydrogens (primary N) is 1. The Kier molecular flexibility index (Phi) is 1.76. The first-order valence-electron chi connectivity index (χ1n) is 2.98. The highest BCUT2D eigenvalue weighted by atomic mass is 19.1. The number of likely N-dealkylation sites (tertiary alicyclic amines) is 1. The topological polar surface area (TPSA) is 66.6 Å². The Hall–Kier alpha value is -0.840. The van der Waals surface area contributed by atoms with Crippen molar-refractivity contribution >= 4 is 6.03 Å². The first kappa shape index (κ1) is 7.27. The summed E-state index contributed by atoms with van der Waals surface area (Å²) in [5.41, 5.74) is 4.83. The number of alkyl halides is 1. The molecular weight excluding hydrogens is 139 g/mol. The van der Waals surface area contributed by atoms with Gasteiger partial charge in [-0.05, 0) is 0 Å². The van der Waals surface area contributed by atoms with E-state index in [1.807, 2.05) is 0 Å². The maximum absolute atomic E-state index is 12.4. The van der Waals surface area contributed by atoms with Gasteiger partial charge in [0, 0.05) is 0 Å². The Balaban J connectivity index is 2.49. The van der Waals surface area contributed by atoms with E-state index in [0.717, 1.165) is 4.90 Å². The van der Waals surface area contributed by atoms with Gasteiger partial charge in [0.05, 0.1) is 13.1 Å². The van der Waals surface area contributed by atoms with E-state index >= 15 is 0 Å². The molecule has 0 aromatic heterocycles. The van der Waals surface area contributed by atoms with Crippen molar-refractivity contribution in [3.8, 4) is 0 Å². The van der Waals surface area contributed by atoms with Crippen molar-refractivity contribution in [3.05, 3.63) is 0 Å². The van der Waals surface area contributed by atoms with E-state index in [-0.39, 0.29) is 13.1 Å². The number of β-amino-alcohol motifs (C(OH)–C–C–N with tert-alkyl or cyclic N) is 1. The average Bonchev–Trinajstić information content (AvgIpc) is 2.13. The minimum absolute atomic E-state index is 0.0104. The second-order valence-electron chi connectivity index (χ2n) is 2.33. The van der Waals surface area contributed by atoms with Gasteiger partial charge in [0.1, 0.15) is 12.3 Å². The van der Waals surface area contributed by atoms with Gasteiger partial charge in [-0.25, -0.2) is 9.18 Å². The number of hydrogen-bond acceptors (Lipinski definition) is 2. The summed E-state index contributed by atoms with van der Waals surface area (Å²) >= 11 is 0. The van der Waals surface area contributed by atoms with Crippen LogP contribution in [0.1, 0.15) is 0 Å². The summed E-state index contributed by atoms with van der Waals surface area (Å²) in [4.78, 5) is 11.4. The van der Waals surface area contributed by atoms with Crippen molar-refractivity contribution in [2.75, 3.05) is 13.1 Å². The molecule has 1 fully saturated rings. The molecule has 0 aliphatic carbocycles. The molecule has 0 radical (unpaired) electrons. The Morgan fingerprint density at radius 2 is 2.30 bits per heavy atom. The summed E-state index contributed by atoms with van der Waals surface area (Å²) in [5.74, 6) is 0. The Labute approximate surface area is 57.4 Å². The van der Waals surface area contributed by atoms with Crippen LogP contribution in [-0.2, 0) is 0 Å². The molecule has 1 heterocycles. The van der Waals surface area contributed by atoms with Crippen molar-refractivity contribution < 1.29 is 14.3 Å². The normalized spacial score (nSPS) is 32.8. The van der Waals surface area contributed by atoms with E-state index < -0.39 is 18.3 Å². The molecule has 5 heteroatoms. The van der Waals surface area contributed by atoms with Crippen LogP contribution in [0.4, 0.5) is 9.18 Å². The molecule has 0 aromatic rings. The van der Waals surface area contributed by atoms with E-state index in [1.54, 1.807) is 0 Å². The van der Waals surface area contributed by atoms with Gasteiger partial charge in [-0.2, -0.15) is 0 Å². The highest BCUT2D eigenvalue weighted by molar-refractivity contribution is 5.72. The van der Waals surface area contributed by atoms with Gasteiger partial charge in [0.2, 0.25) is 0 Å². The Morgan fingerprint density at radius 1 is 1.70 bits per heavy atom. The van der Waals surface area contributed by atoms with Crippen LogP contribution in [0.2, 0.25) is 0 Å². The fourth-order valence-corrected chi connectivity index (χ4v) is 0.927. The lowest BCUT2D eigenvalue weighted by molar-refractivity contribution is 0.116. The Bertz CT molecular complexity index is 143. The number of carbonyl (C=O) groups excluding carboxylic acids is 1. The standard InChI is InChI=1S/C5H9FN2O2/c6-3-1-8(5(7)10)2-4(3)9/h3-4,9H,1-2H2,(H2,7,10). The van der Waals surface area contributed by atoms with E-state index in [9.17, 15) is 9.18 Å². The van der Waals surface area contributed by atoms with Crippen LogP contribution < -0.4 is 5.73 Å². The van der Waals surface area contributed by atoms with Gasteiger partial charge in [-0.15, -0.1) is 0 Å². The summed E-state index contributed by atoms with van der Waals surface area (Å²) < 4.78 is 12.4. The van der Waals surface area contributed by atoms with Gasteiger partial charge < -0.3 is 15.7 Å². The maximum atomic E-state index is 12.4. The highest BCUT2D eigenvalue weighted by Crippen LogP contribution is 2.11. The van der Waals surface area contributed by atoms with Crippen molar-refractivity contribution in [1.29, 1.82) is 0 Å². The number of rotatable bonds is 0. The minimum Gasteiger partial charge on any atom is -0.388 e. The van der Waals surface area contributed by atoms with Crippen LogP contribution in [-0.4, -0.2) is 41.4 Å². The van der Waals surface area contributed by atoms with Crippen molar-refractivity contribution in [2.24, 2.45) is 5.73 Å². The van der Waals surface area contributed by atoms with E-state index in [2.05, 4.69) is 0 Å². The zero-order valence-corrected chi connectivity index (χ0v) is 5.33. The molecule has 1 aliphatic rings. The van der Waals surface area contributed by atoms with E-state index in [4.69, 9.17) is 10.8 Å². The van der Waals surface area contributed by atoms with Crippen LogP contribution in [0.3, 0.4) is 0 Å². The number of amides is 2. The quantitative estimate of drug-likeness (QED) is 0.466. The lowest BCUT2D eigenvalue weighted by Crippen LogP contribution is -2.34. The number of carbonyl (C=O) groups is 1. The number of aliphatic hydroxyl groups is 1. The van der Waals surface area contributed by atoms with Gasteiger partial charge in [-0.3, -0.25) is 0 Å². The summed E-state index contributed by atoms with van der Waals surface area (Å²) in [6.07, 6.45) is -2.40. The molecule has 0 bridgehead atoms. The summed E-state index contributed by atoms with van der Waals surface area (Å²) in [7, 11) is 0. The van der Waals surface area contributed by atoms with Crippen LogP contribution in [0.15, 0.2) is 0 Å². The molecule has 0 saturated carbocycles. The number of primary amides is 1. The summed E-state index contributed by atoms with van der Waals surface area (Å²) in [6.45, 7) is -0.0764. The monoisotopic (exact) mass is 148 g/mol. The summed E-state index contributed by atoms with van der Waals surface area (Å²) in [5, 5.41) is 8.79. The number of urea groups is 1. The van der Waals surface area contributed by atoms with Crippen molar-refractivity contribution in [3.63, 3.8) is 0 Å². The van der Waals surface area contributed by atoms with Crippen LogP contribution in [0.25, 0.3) is 0 Å². The fraction of sp³-hybridized carbons (Fsp3) is 0.800. The van der Waals surface area contributed by atoms with Gasteiger partial charge in [-0.1, -0.05) is 0 Å². The SMILES string of the molecule is NC(=O)N1CC(O)C(F)C1. The molecule has 2 amide bonds. The van der Waals surface area contributed by atoms with Crippen LogP contribution in [0.5, 0.6) is 0 Å². The average molecular weight is 148 g/mol. The molecular formula is C5H9FN2O2. The molecule has 0 aromatic carbocycles. The zero-order valence-electron chi connectivity index (χ0n) is 5.33. The molecule has 1 aliphatic heterocycles. The second kappa shape index (κ2) is 2.42. The third-order valence-electron chi connectivity index (χ3n) is 1.53. The molecule has 1 saturated heterocycles. The second-order valence-corrected chi connectivity index (χ2v) is 2.33. The Morgan fingerprint density at radius 3 is 2.50 bits per heavy atom. The largest absolute Gasteiger partial charge is 0.388 e. The molecule has 10 heavy (non-hydrogen) atoms. The van der Waals surface area contributed by atoms with Crippen LogP contribution >= 0.6 is 0 Å². The summed E-state index contributed by atoms with van der Waals surface area (Å²) in [6, 6.07) is -0.681. The number of nitrogens with zero attached hydrogens (tertiary/aromatic N) is 1. The zero-order chi connectivity index (χ0) is 7.72. The molecule has 58 valence electrons. The van der Waals surface area contributed by atoms with E-state index in [0.29, 0.717) is 0 Å². The molecule has 2 atom stereocenters. The van der Waals surface area contributed by atoms with E-state index in [1.165, 1.54) is 0 Å². The third kappa shape index (κ3) is 1.18. The van der Waals surface area contributed by atoms with Gasteiger partial charge in [0.15, 0.2) is 0 Å². The van der Waals surface area contributed by atoms with Gasteiger partial charge >= 0.3 is 6.03 Å². The predicted octanol–water partition coefficient (Wildman–Crippen LogP) is -0.920. The maximum Gasteiger partial charge on any atom is 0.314 e. The number of halogens is 1.